The first-order valence-electron chi connectivity index (χ1n) is 13.6. The summed E-state index contributed by atoms with van der Waals surface area (Å²) in [7, 11) is 3.14. The van der Waals surface area contributed by atoms with Crippen LogP contribution in [-0.4, -0.2) is 73.6 Å². The first-order valence-corrected chi connectivity index (χ1v) is 13.6. The Bertz CT molecular complexity index is 1200. The van der Waals surface area contributed by atoms with Crippen LogP contribution in [0, 0.1) is 12.8 Å². The smallest absolute Gasteiger partial charge is 0.295 e. The lowest BCUT2D eigenvalue weighted by molar-refractivity contribution is -0.140. The van der Waals surface area contributed by atoms with Gasteiger partial charge in [0.2, 0.25) is 0 Å². The number of carbonyl (C=O) groups excluding carboxylic acids is 2. The van der Waals surface area contributed by atoms with Gasteiger partial charge in [0.1, 0.15) is 11.5 Å². The Morgan fingerprint density at radius 2 is 1.67 bits per heavy atom. The first-order chi connectivity index (χ1) is 18.7. The highest BCUT2D eigenvalue weighted by Gasteiger charge is 2.46. The standard InChI is InChI=1S/C31H42N2O6/c1-8-32(9-2)15-16-33-28(22-10-13-25(26(19-22)38-7)39-17-14-20(3)4)27(30(35)31(33)36)29(34)23-11-12-24(37-6)21(5)18-23/h10-13,18-20,28,34H,8-9,14-17H2,1-7H3. The minimum atomic E-state index is -0.776. The van der Waals surface area contributed by atoms with E-state index in [1.54, 1.807) is 49.5 Å². The fraction of sp³-hybridized carbons (Fsp3) is 0.484. The number of nitrogens with zero attached hydrogens (tertiary/aromatic N) is 2. The number of likely N-dealkylation sites (N-methyl/N-ethyl adjacent to an activating group) is 1. The number of amides is 1. The topological polar surface area (TPSA) is 88.5 Å². The zero-order valence-corrected chi connectivity index (χ0v) is 24.2. The van der Waals surface area contributed by atoms with E-state index in [9.17, 15) is 14.7 Å². The third-order valence-electron chi connectivity index (χ3n) is 7.22. The van der Waals surface area contributed by atoms with E-state index in [4.69, 9.17) is 14.2 Å². The lowest BCUT2D eigenvalue weighted by Gasteiger charge is -2.28. The summed E-state index contributed by atoms with van der Waals surface area (Å²) in [4.78, 5) is 30.5. The van der Waals surface area contributed by atoms with Gasteiger partial charge in [-0.2, -0.15) is 0 Å². The Morgan fingerprint density at radius 1 is 1.00 bits per heavy atom. The predicted octanol–water partition coefficient (Wildman–Crippen LogP) is 5.20. The van der Waals surface area contributed by atoms with Crippen LogP contribution in [-0.2, 0) is 9.59 Å². The van der Waals surface area contributed by atoms with Crippen LogP contribution in [0.4, 0.5) is 0 Å². The zero-order valence-electron chi connectivity index (χ0n) is 24.2. The number of likely N-dealkylation sites (tertiary alicyclic amines) is 1. The highest BCUT2D eigenvalue weighted by atomic mass is 16.5. The highest BCUT2D eigenvalue weighted by molar-refractivity contribution is 6.46. The summed E-state index contributed by atoms with van der Waals surface area (Å²) in [6, 6.07) is 9.83. The van der Waals surface area contributed by atoms with Crippen molar-refractivity contribution in [1.29, 1.82) is 0 Å². The molecule has 8 heteroatoms. The predicted molar refractivity (Wildman–Crippen MR) is 152 cm³/mol. The van der Waals surface area contributed by atoms with Gasteiger partial charge in [0.25, 0.3) is 11.7 Å². The number of aliphatic hydroxyl groups excluding tert-OH is 1. The normalized spacial score (nSPS) is 16.8. The largest absolute Gasteiger partial charge is 0.507 e. The second kappa shape index (κ2) is 13.5. The number of carbonyl (C=O) groups is 2. The minimum absolute atomic E-state index is 0.0552. The Labute approximate surface area is 232 Å². The summed E-state index contributed by atoms with van der Waals surface area (Å²) >= 11 is 0. The van der Waals surface area contributed by atoms with E-state index in [0.29, 0.717) is 54.0 Å². The van der Waals surface area contributed by atoms with Gasteiger partial charge in [-0.05, 0) is 73.8 Å². The number of hydrogen-bond donors (Lipinski definition) is 1. The number of ether oxygens (including phenoxy) is 3. The first kappa shape index (κ1) is 30.0. The van der Waals surface area contributed by atoms with Crippen LogP contribution in [0.25, 0.3) is 5.76 Å². The summed E-state index contributed by atoms with van der Waals surface area (Å²) in [6.45, 7) is 13.4. The van der Waals surface area contributed by atoms with Crippen molar-refractivity contribution < 1.29 is 28.9 Å². The lowest BCUT2D eigenvalue weighted by atomic mass is 9.94. The van der Waals surface area contributed by atoms with E-state index < -0.39 is 17.7 Å². The van der Waals surface area contributed by atoms with Crippen molar-refractivity contribution in [2.24, 2.45) is 5.92 Å². The number of hydrogen-bond acceptors (Lipinski definition) is 7. The van der Waals surface area contributed by atoms with E-state index in [1.807, 2.05) is 13.0 Å². The van der Waals surface area contributed by atoms with Crippen molar-refractivity contribution in [3.8, 4) is 17.2 Å². The van der Waals surface area contributed by atoms with Gasteiger partial charge in [0.15, 0.2) is 11.5 Å². The number of aliphatic hydroxyl groups is 1. The number of aryl methyl sites for hydroxylation is 1. The maximum absolute atomic E-state index is 13.4. The molecule has 0 bridgehead atoms. The van der Waals surface area contributed by atoms with Gasteiger partial charge < -0.3 is 29.1 Å². The number of methoxy groups -OCH3 is 2. The summed E-state index contributed by atoms with van der Waals surface area (Å²) in [5.74, 6) is 0.712. The van der Waals surface area contributed by atoms with Crippen molar-refractivity contribution in [2.45, 2.75) is 47.1 Å². The Morgan fingerprint density at radius 3 is 2.26 bits per heavy atom. The molecular formula is C31H42N2O6. The van der Waals surface area contributed by atoms with Crippen LogP contribution < -0.4 is 14.2 Å². The minimum Gasteiger partial charge on any atom is -0.507 e. The molecule has 1 fully saturated rings. The maximum Gasteiger partial charge on any atom is 0.295 e. The molecule has 212 valence electrons. The Balaban J connectivity index is 2.11. The quantitative estimate of drug-likeness (QED) is 0.213. The van der Waals surface area contributed by atoms with Gasteiger partial charge in [-0.15, -0.1) is 0 Å². The number of benzene rings is 2. The molecule has 1 saturated heterocycles. The van der Waals surface area contributed by atoms with E-state index >= 15 is 0 Å². The maximum atomic E-state index is 13.4. The van der Waals surface area contributed by atoms with Crippen LogP contribution >= 0.6 is 0 Å². The van der Waals surface area contributed by atoms with E-state index in [0.717, 1.165) is 25.1 Å². The van der Waals surface area contributed by atoms with Crippen molar-refractivity contribution in [2.75, 3.05) is 47.0 Å². The molecule has 8 nitrogen and oxygen atoms in total. The number of Topliss-reactive ketones (excluding diaryl/α,β-unsaturated/α-hetero) is 1. The molecule has 1 aliphatic heterocycles. The summed E-state index contributed by atoms with van der Waals surface area (Å²) in [5, 5.41) is 11.4. The van der Waals surface area contributed by atoms with Crippen LogP contribution in [0.3, 0.4) is 0 Å². The Hall–Kier alpha value is -3.52. The number of rotatable bonds is 13. The summed E-state index contributed by atoms with van der Waals surface area (Å²) in [6.07, 6.45) is 0.901. The molecule has 0 saturated carbocycles. The van der Waals surface area contributed by atoms with E-state index in [-0.39, 0.29) is 11.3 Å². The molecule has 0 spiro atoms. The van der Waals surface area contributed by atoms with Crippen LogP contribution in [0.5, 0.6) is 17.2 Å². The molecule has 39 heavy (non-hydrogen) atoms. The third-order valence-corrected chi connectivity index (χ3v) is 7.22. The molecule has 0 radical (unpaired) electrons. The monoisotopic (exact) mass is 538 g/mol. The van der Waals surface area contributed by atoms with Crippen molar-refractivity contribution >= 4 is 17.4 Å². The van der Waals surface area contributed by atoms with Crippen LogP contribution in [0.1, 0.15) is 56.8 Å². The lowest BCUT2D eigenvalue weighted by Crippen LogP contribution is -2.38. The molecule has 1 aliphatic rings. The van der Waals surface area contributed by atoms with Gasteiger partial charge in [-0.1, -0.05) is 33.8 Å². The molecule has 0 aromatic heterocycles. The zero-order chi connectivity index (χ0) is 28.7. The molecule has 1 amide bonds. The van der Waals surface area contributed by atoms with E-state index in [2.05, 4.69) is 32.6 Å². The molecule has 1 heterocycles. The van der Waals surface area contributed by atoms with Crippen molar-refractivity contribution in [3.63, 3.8) is 0 Å². The molecule has 1 unspecified atom stereocenters. The fourth-order valence-electron chi connectivity index (χ4n) is 4.81. The SMILES string of the molecule is CCN(CC)CCN1C(=O)C(=O)C(=C(O)c2ccc(OC)c(C)c2)C1c1ccc(OCCC(C)C)c(OC)c1. The van der Waals surface area contributed by atoms with E-state index in [1.165, 1.54) is 0 Å². The average Bonchev–Trinajstić information content (AvgIpc) is 3.18. The van der Waals surface area contributed by atoms with Gasteiger partial charge >= 0.3 is 0 Å². The molecule has 2 aromatic carbocycles. The molecule has 1 atom stereocenters. The number of ketones is 1. The second-order valence-electron chi connectivity index (χ2n) is 10.1. The fourth-order valence-corrected chi connectivity index (χ4v) is 4.81. The van der Waals surface area contributed by atoms with Crippen LogP contribution in [0.15, 0.2) is 42.0 Å². The summed E-state index contributed by atoms with van der Waals surface area (Å²) in [5.41, 5.74) is 1.97. The van der Waals surface area contributed by atoms with Gasteiger partial charge in [-0.25, -0.2) is 0 Å². The molecule has 0 aliphatic carbocycles. The molecule has 3 rings (SSSR count). The summed E-state index contributed by atoms with van der Waals surface area (Å²) < 4.78 is 16.9. The van der Waals surface area contributed by atoms with Gasteiger partial charge in [-0.3, -0.25) is 9.59 Å². The average molecular weight is 539 g/mol. The van der Waals surface area contributed by atoms with Crippen LogP contribution in [0.2, 0.25) is 0 Å². The Kier molecular flexibility index (Phi) is 10.4. The third kappa shape index (κ3) is 6.74. The second-order valence-corrected chi connectivity index (χ2v) is 10.1. The molecule has 1 N–H and O–H groups in total. The molecule has 2 aromatic rings. The highest BCUT2D eigenvalue weighted by Crippen LogP contribution is 2.42. The van der Waals surface area contributed by atoms with Gasteiger partial charge in [0.05, 0.1) is 32.4 Å². The van der Waals surface area contributed by atoms with Crippen molar-refractivity contribution in [1.82, 2.24) is 9.80 Å². The molecular weight excluding hydrogens is 496 g/mol. The van der Waals surface area contributed by atoms with Crippen molar-refractivity contribution in [3.05, 3.63) is 58.7 Å². The van der Waals surface area contributed by atoms with Gasteiger partial charge in [0, 0.05) is 18.7 Å².